The van der Waals surface area contributed by atoms with Crippen molar-refractivity contribution in [1.82, 2.24) is 14.9 Å². The number of anilines is 1. The van der Waals surface area contributed by atoms with Crippen LogP contribution in [0.4, 0.5) is 5.82 Å². The van der Waals surface area contributed by atoms with Gasteiger partial charge < -0.3 is 15.0 Å². The molecule has 0 radical (unpaired) electrons. The minimum absolute atomic E-state index is 0.109. The van der Waals surface area contributed by atoms with E-state index in [9.17, 15) is 4.79 Å². The highest BCUT2D eigenvalue weighted by atomic mass is 32.1. The van der Waals surface area contributed by atoms with Crippen LogP contribution in [0, 0.1) is 0 Å². The molecule has 1 aliphatic carbocycles. The predicted octanol–water partition coefficient (Wildman–Crippen LogP) is 3.45. The van der Waals surface area contributed by atoms with Gasteiger partial charge in [0.15, 0.2) is 0 Å². The molecule has 1 aliphatic heterocycles. The Labute approximate surface area is 180 Å². The first-order valence-electron chi connectivity index (χ1n) is 10.7. The van der Waals surface area contributed by atoms with Crippen molar-refractivity contribution in [1.29, 1.82) is 0 Å². The summed E-state index contributed by atoms with van der Waals surface area (Å²) in [7, 11) is 0. The maximum Gasteiger partial charge on any atom is 0.245 e. The van der Waals surface area contributed by atoms with Crippen LogP contribution in [0.3, 0.4) is 0 Å². The molecule has 1 amide bonds. The second-order valence-electron chi connectivity index (χ2n) is 7.94. The fourth-order valence-corrected chi connectivity index (χ4v) is 5.65. The number of rotatable bonds is 5. The van der Waals surface area contributed by atoms with Crippen molar-refractivity contribution in [2.24, 2.45) is 0 Å². The van der Waals surface area contributed by atoms with Gasteiger partial charge in [0.05, 0.1) is 18.6 Å². The summed E-state index contributed by atoms with van der Waals surface area (Å²) in [5.74, 6) is 0.903. The molecule has 2 aliphatic rings. The molecule has 0 saturated carbocycles. The third-order valence-corrected chi connectivity index (χ3v) is 7.17. The van der Waals surface area contributed by atoms with Crippen LogP contribution < -0.4 is 5.32 Å². The van der Waals surface area contributed by atoms with E-state index in [1.165, 1.54) is 23.3 Å². The van der Waals surface area contributed by atoms with E-state index in [2.05, 4.69) is 27.4 Å². The van der Waals surface area contributed by atoms with E-state index in [1.54, 1.807) is 17.7 Å². The van der Waals surface area contributed by atoms with E-state index in [4.69, 9.17) is 4.74 Å². The number of benzene rings is 1. The van der Waals surface area contributed by atoms with Gasteiger partial charge in [0.1, 0.15) is 23.0 Å². The quantitative estimate of drug-likeness (QED) is 0.682. The Kier molecular flexibility index (Phi) is 5.64. The number of nitrogens with one attached hydrogen (secondary N) is 1. The number of thiophene rings is 1. The first-order valence-corrected chi connectivity index (χ1v) is 11.5. The molecule has 3 aromatic rings. The average molecular weight is 423 g/mol. The van der Waals surface area contributed by atoms with Crippen LogP contribution >= 0.6 is 11.3 Å². The molecule has 7 heteroatoms. The lowest BCUT2D eigenvalue weighted by atomic mass is 9.97. The summed E-state index contributed by atoms with van der Waals surface area (Å²) in [6.45, 7) is 2.47. The lowest BCUT2D eigenvalue weighted by Crippen LogP contribution is -2.48. The Hall–Kier alpha value is -2.51. The Morgan fingerprint density at radius 2 is 1.93 bits per heavy atom. The summed E-state index contributed by atoms with van der Waals surface area (Å²) in [5, 5.41) is 4.64. The number of ether oxygens (including phenoxy) is 1. The highest BCUT2D eigenvalue weighted by Gasteiger charge is 2.28. The van der Waals surface area contributed by atoms with Gasteiger partial charge in [-0.1, -0.05) is 30.3 Å². The van der Waals surface area contributed by atoms with Crippen molar-refractivity contribution in [3.63, 3.8) is 0 Å². The molecule has 1 atom stereocenters. The molecule has 0 bridgehead atoms. The molecule has 3 heterocycles. The molecular weight excluding hydrogens is 396 g/mol. The molecule has 1 saturated heterocycles. The summed E-state index contributed by atoms with van der Waals surface area (Å²) in [5.41, 5.74) is 2.51. The fourth-order valence-electron chi connectivity index (χ4n) is 4.42. The fraction of sp³-hybridized carbons (Fsp3) is 0.435. The number of hydrogen-bond donors (Lipinski definition) is 1. The minimum Gasteiger partial charge on any atom is -0.378 e. The van der Waals surface area contributed by atoms with Crippen LogP contribution in [0.2, 0.25) is 0 Å². The monoisotopic (exact) mass is 422 g/mol. The van der Waals surface area contributed by atoms with E-state index in [0.717, 1.165) is 34.4 Å². The number of carbonyl (C=O) groups is 1. The van der Waals surface area contributed by atoms with Gasteiger partial charge in [-0.15, -0.1) is 11.3 Å². The van der Waals surface area contributed by atoms with Crippen LogP contribution in [0.5, 0.6) is 0 Å². The lowest BCUT2D eigenvalue weighted by molar-refractivity contribution is -0.136. The van der Waals surface area contributed by atoms with Crippen LogP contribution in [0.15, 0.2) is 36.7 Å². The van der Waals surface area contributed by atoms with E-state index in [-0.39, 0.29) is 11.9 Å². The van der Waals surface area contributed by atoms with Crippen LogP contribution in [0.25, 0.3) is 10.2 Å². The second-order valence-corrected chi connectivity index (χ2v) is 9.02. The molecule has 156 valence electrons. The molecule has 1 N–H and O–H groups in total. The Bertz CT molecular complexity index is 1030. The van der Waals surface area contributed by atoms with Gasteiger partial charge in [-0.25, -0.2) is 9.97 Å². The number of hydrogen-bond acceptors (Lipinski definition) is 6. The highest BCUT2D eigenvalue weighted by Crippen LogP contribution is 2.38. The zero-order valence-electron chi connectivity index (χ0n) is 17.0. The number of amides is 1. The van der Waals surface area contributed by atoms with Crippen LogP contribution in [-0.4, -0.2) is 53.1 Å². The average Bonchev–Trinajstić information content (AvgIpc) is 3.19. The molecule has 30 heavy (non-hydrogen) atoms. The Balaban J connectivity index is 1.48. The van der Waals surface area contributed by atoms with Gasteiger partial charge in [0, 0.05) is 24.4 Å². The van der Waals surface area contributed by atoms with Gasteiger partial charge in [0.25, 0.3) is 0 Å². The molecule has 2 aromatic heterocycles. The maximum absolute atomic E-state index is 13.4. The van der Waals surface area contributed by atoms with E-state index >= 15 is 0 Å². The molecule has 5 rings (SSSR count). The number of nitrogens with zero attached hydrogens (tertiary/aromatic N) is 3. The summed E-state index contributed by atoms with van der Waals surface area (Å²) in [6.07, 6.45) is 6.86. The largest absolute Gasteiger partial charge is 0.378 e. The smallest absolute Gasteiger partial charge is 0.245 e. The van der Waals surface area contributed by atoms with Crippen LogP contribution in [0.1, 0.15) is 28.8 Å². The topological polar surface area (TPSA) is 67.4 Å². The maximum atomic E-state index is 13.4. The molecule has 0 spiro atoms. The summed E-state index contributed by atoms with van der Waals surface area (Å²) in [6, 6.07) is 9.81. The number of morpholine rings is 1. The molecule has 1 aromatic carbocycles. The summed E-state index contributed by atoms with van der Waals surface area (Å²) >= 11 is 1.78. The molecular formula is C23H26N4O2S. The zero-order chi connectivity index (χ0) is 20.3. The van der Waals surface area contributed by atoms with Gasteiger partial charge in [-0.05, 0) is 36.8 Å². The summed E-state index contributed by atoms with van der Waals surface area (Å²) in [4.78, 5) is 26.9. The van der Waals surface area contributed by atoms with Crippen molar-refractivity contribution < 1.29 is 9.53 Å². The summed E-state index contributed by atoms with van der Waals surface area (Å²) < 4.78 is 5.44. The predicted molar refractivity (Wildman–Crippen MR) is 119 cm³/mol. The second kappa shape index (κ2) is 8.70. The van der Waals surface area contributed by atoms with Crippen molar-refractivity contribution in [3.05, 3.63) is 52.7 Å². The van der Waals surface area contributed by atoms with E-state index < -0.39 is 0 Å². The van der Waals surface area contributed by atoms with Gasteiger partial charge >= 0.3 is 0 Å². The van der Waals surface area contributed by atoms with Crippen molar-refractivity contribution in [3.8, 4) is 0 Å². The molecule has 6 nitrogen and oxygen atoms in total. The Morgan fingerprint density at radius 3 is 2.77 bits per heavy atom. The molecule has 1 fully saturated rings. The third-order valence-electron chi connectivity index (χ3n) is 5.97. The third kappa shape index (κ3) is 3.91. The number of aryl methyl sites for hydroxylation is 2. The number of carbonyl (C=O) groups excluding carboxylic acids is 1. The van der Waals surface area contributed by atoms with E-state index in [0.29, 0.717) is 32.7 Å². The van der Waals surface area contributed by atoms with Crippen LogP contribution in [-0.2, 0) is 28.8 Å². The lowest BCUT2D eigenvalue weighted by Gasteiger charge is -2.31. The van der Waals surface area contributed by atoms with Crippen molar-refractivity contribution >= 4 is 33.3 Å². The first kappa shape index (κ1) is 19.5. The zero-order valence-corrected chi connectivity index (χ0v) is 17.8. The van der Waals surface area contributed by atoms with Gasteiger partial charge in [-0.3, -0.25) is 4.79 Å². The normalized spacial score (nSPS) is 17.5. The minimum atomic E-state index is -0.372. The van der Waals surface area contributed by atoms with Gasteiger partial charge in [-0.2, -0.15) is 0 Å². The Morgan fingerprint density at radius 1 is 1.13 bits per heavy atom. The van der Waals surface area contributed by atoms with Crippen molar-refractivity contribution in [2.75, 3.05) is 31.6 Å². The van der Waals surface area contributed by atoms with Crippen molar-refractivity contribution in [2.45, 2.75) is 38.1 Å². The number of fused-ring (bicyclic) bond motifs is 3. The first-order chi connectivity index (χ1) is 14.8. The standard InChI is InChI=1S/C23H26N4O2S/c28-23(27-10-12-29-13-11-27)18(14-16-6-2-1-3-7-16)26-21-20-17-8-4-5-9-19(17)30-22(20)25-15-24-21/h1-3,6-7,15,18H,4-5,8-14H2,(H,24,25,26). The van der Waals surface area contributed by atoms with Gasteiger partial charge in [0.2, 0.25) is 5.91 Å². The number of aromatic nitrogens is 2. The SMILES string of the molecule is O=C(C(Cc1ccccc1)Nc1ncnc2sc3c(c12)CCCC3)N1CCOCC1. The molecule has 1 unspecified atom stereocenters. The van der Waals surface area contributed by atoms with E-state index in [1.807, 2.05) is 23.1 Å². The highest BCUT2D eigenvalue weighted by molar-refractivity contribution is 7.19.